The van der Waals surface area contributed by atoms with E-state index in [0.29, 0.717) is 29.0 Å². The molecule has 2 rings (SSSR count). The van der Waals surface area contributed by atoms with Gasteiger partial charge in [0.15, 0.2) is 0 Å². The van der Waals surface area contributed by atoms with E-state index in [1.54, 1.807) is 18.2 Å². The van der Waals surface area contributed by atoms with Gasteiger partial charge < -0.3 is 15.0 Å². The molecule has 0 saturated carbocycles. The lowest BCUT2D eigenvalue weighted by atomic mass is 9.88. The molecule has 1 unspecified atom stereocenters. The van der Waals surface area contributed by atoms with E-state index in [0.717, 1.165) is 5.56 Å². The number of rotatable bonds is 4. The van der Waals surface area contributed by atoms with Crippen LogP contribution in [0.1, 0.15) is 39.6 Å². The second-order valence-electron chi connectivity index (χ2n) is 5.90. The predicted octanol–water partition coefficient (Wildman–Crippen LogP) is 4.10. The second-order valence-corrected chi connectivity index (χ2v) is 6.30. The Hall–Kier alpha value is -1.59. The van der Waals surface area contributed by atoms with Crippen LogP contribution in [-0.2, 0) is 4.74 Å². The van der Waals surface area contributed by atoms with Gasteiger partial charge in [0.1, 0.15) is 6.10 Å². The Morgan fingerprint density at radius 3 is 2.67 bits per heavy atom. The quantitative estimate of drug-likeness (QED) is 0.861. The molecule has 0 fully saturated rings. The Kier molecular flexibility index (Phi) is 4.54. The Balaban J connectivity index is 2.33. The number of nitrogens with two attached hydrogens (primary N) is 1. The number of benzene rings is 1. The molecule has 6 heteroatoms. The first-order chi connectivity index (χ1) is 9.82. The molecule has 0 saturated heterocycles. The lowest BCUT2D eigenvalue weighted by Gasteiger charge is -2.27. The molecule has 21 heavy (non-hydrogen) atoms. The third-order valence-corrected chi connectivity index (χ3v) is 3.38. The maximum absolute atomic E-state index is 5.91. The van der Waals surface area contributed by atoms with Gasteiger partial charge in [-0.3, -0.25) is 0 Å². The van der Waals surface area contributed by atoms with Crippen molar-refractivity contribution in [2.24, 2.45) is 5.41 Å². The standard InChI is InChI=1S/C15H20ClN3O2/c1-5-20-12(15(2,3)4)13-18-14(21-19-13)9-6-7-10(16)11(17)8-9/h6-8,12H,5,17H2,1-4H3. The van der Waals surface area contributed by atoms with Gasteiger partial charge in [-0.15, -0.1) is 0 Å². The van der Waals surface area contributed by atoms with Crippen molar-refractivity contribution in [3.8, 4) is 11.5 Å². The van der Waals surface area contributed by atoms with E-state index in [4.69, 9.17) is 26.6 Å². The van der Waals surface area contributed by atoms with Gasteiger partial charge in [-0.05, 0) is 30.5 Å². The van der Waals surface area contributed by atoms with Gasteiger partial charge >= 0.3 is 0 Å². The van der Waals surface area contributed by atoms with Crippen LogP contribution in [0.4, 0.5) is 5.69 Å². The van der Waals surface area contributed by atoms with E-state index < -0.39 is 0 Å². The highest BCUT2D eigenvalue weighted by Gasteiger charge is 2.31. The number of nitrogen functional groups attached to an aromatic ring is 1. The number of hydrogen-bond donors (Lipinski definition) is 1. The monoisotopic (exact) mass is 309 g/mol. The fourth-order valence-electron chi connectivity index (χ4n) is 2.01. The van der Waals surface area contributed by atoms with E-state index in [1.807, 2.05) is 6.92 Å². The minimum atomic E-state index is -0.232. The second kappa shape index (κ2) is 6.03. The molecule has 2 N–H and O–H groups in total. The van der Waals surface area contributed by atoms with Crippen molar-refractivity contribution in [1.82, 2.24) is 10.1 Å². The number of halogens is 1. The zero-order valence-electron chi connectivity index (χ0n) is 12.7. The average molecular weight is 310 g/mol. The minimum absolute atomic E-state index is 0.129. The van der Waals surface area contributed by atoms with Crippen LogP contribution in [0.25, 0.3) is 11.5 Å². The molecule has 2 aromatic rings. The average Bonchev–Trinajstić information content (AvgIpc) is 2.87. The first-order valence-electron chi connectivity index (χ1n) is 6.83. The Morgan fingerprint density at radius 2 is 2.10 bits per heavy atom. The van der Waals surface area contributed by atoms with Crippen LogP contribution in [0, 0.1) is 5.41 Å². The lowest BCUT2D eigenvalue weighted by molar-refractivity contribution is -0.0203. The van der Waals surface area contributed by atoms with Crippen LogP contribution in [0.2, 0.25) is 5.02 Å². The summed E-state index contributed by atoms with van der Waals surface area (Å²) in [5.74, 6) is 0.940. The molecule has 0 bridgehead atoms. The Morgan fingerprint density at radius 1 is 1.38 bits per heavy atom. The number of hydrogen-bond acceptors (Lipinski definition) is 5. The maximum atomic E-state index is 5.91. The highest BCUT2D eigenvalue weighted by Crippen LogP contribution is 2.35. The van der Waals surface area contributed by atoms with Crippen molar-refractivity contribution in [1.29, 1.82) is 0 Å². The first-order valence-corrected chi connectivity index (χ1v) is 7.21. The van der Waals surface area contributed by atoms with Crippen molar-refractivity contribution in [3.05, 3.63) is 29.0 Å². The topological polar surface area (TPSA) is 74.2 Å². The molecule has 0 amide bonds. The highest BCUT2D eigenvalue weighted by atomic mass is 35.5. The number of aromatic nitrogens is 2. The smallest absolute Gasteiger partial charge is 0.258 e. The van der Waals surface area contributed by atoms with Crippen molar-refractivity contribution >= 4 is 17.3 Å². The Labute approximate surface area is 129 Å². The number of nitrogens with zero attached hydrogens (tertiary/aromatic N) is 2. The highest BCUT2D eigenvalue weighted by molar-refractivity contribution is 6.33. The number of anilines is 1. The normalized spacial score (nSPS) is 13.4. The van der Waals surface area contributed by atoms with E-state index >= 15 is 0 Å². The Bertz CT molecular complexity index is 620. The van der Waals surface area contributed by atoms with Crippen LogP contribution in [-0.4, -0.2) is 16.7 Å². The predicted molar refractivity (Wildman–Crippen MR) is 83.0 cm³/mol. The van der Waals surface area contributed by atoms with Crippen molar-refractivity contribution in [3.63, 3.8) is 0 Å². The summed E-state index contributed by atoms with van der Waals surface area (Å²) in [6.07, 6.45) is -0.232. The molecular weight excluding hydrogens is 290 g/mol. The van der Waals surface area contributed by atoms with E-state index in [9.17, 15) is 0 Å². The van der Waals surface area contributed by atoms with Gasteiger partial charge in [0.25, 0.3) is 5.89 Å². The van der Waals surface area contributed by atoms with Gasteiger partial charge in [0.05, 0.1) is 10.7 Å². The van der Waals surface area contributed by atoms with Crippen LogP contribution in [0.15, 0.2) is 22.7 Å². The van der Waals surface area contributed by atoms with Crippen LogP contribution >= 0.6 is 11.6 Å². The molecule has 0 aliphatic heterocycles. The molecule has 1 aromatic heterocycles. The third-order valence-electron chi connectivity index (χ3n) is 3.04. The van der Waals surface area contributed by atoms with Crippen molar-refractivity contribution in [2.45, 2.75) is 33.8 Å². The molecular formula is C15H20ClN3O2. The van der Waals surface area contributed by atoms with Crippen molar-refractivity contribution < 1.29 is 9.26 Å². The van der Waals surface area contributed by atoms with Gasteiger partial charge in [-0.2, -0.15) is 4.98 Å². The van der Waals surface area contributed by atoms with E-state index in [1.165, 1.54) is 0 Å². The fraction of sp³-hybridized carbons (Fsp3) is 0.467. The summed E-state index contributed by atoms with van der Waals surface area (Å²) >= 11 is 5.91. The summed E-state index contributed by atoms with van der Waals surface area (Å²) in [6, 6.07) is 5.22. The maximum Gasteiger partial charge on any atom is 0.258 e. The lowest BCUT2D eigenvalue weighted by Crippen LogP contribution is -2.22. The largest absolute Gasteiger partial charge is 0.398 e. The van der Waals surface area contributed by atoms with E-state index in [2.05, 4.69) is 30.9 Å². The number of ether oxygens (including phenoxy) is 1. The summed E-state index contributed by atoms with van der Waals surface area (Å²) in [6.45, 7) is 8.75. The van der Waals surface area contributed by atoms with Gasteiger partial charge in [0.2, 0.25) is 5.82 Å². The fourth-order valence-corrected chi connectivity index (χ4v) is 2.13. The van der Waals surface area contributed by atoms with Crippen LogP contribution in [0.3, 0.4) is 0 Å². The van der Waals surface area contributed by atoms with Gasteiger partial charge in [-0.1, -0.05) is 37.5 Å². The van der Waals surface area contributed by atoms with Crippen molar-refractivity contribution in [2.75, 3.05) is 12.3 Å². The molecule has 1 aromatic carbocycles. The molecule has 5 nitrogen and oxygen atoms in total. The molecule has 114 valence electrons. The molecule has 0 spiro atoms. The van der Waals surface area contributed by atoms with Crippen LogP contribution in [0.5, 0.6) is 0 Å². The summed E-state index contributed by atoms with van der Waals surface area (Å²) in [5.41, 5.74) is 6.88. The molecule has 0 aliphatic rings. The molecule has 1 atom stereocenters. The molecule has 1 heterocycles. The molecule has 0 radical (unpaired) electrons. The minimum Gasteiger partial charge on any atom is -0.398 e. The van der Waals surface area contributed by atoms with E-state index in [-0.39, 0.29) is 11.5 Å². The summed E-state index contributed by atoms with van der Waals surface area (Å²) < 4.78 is 11.1. The zero-order valence-corrected chi connectivity index (χ0v) is 13.4. The molecule has 0 aliphatic carbocycles. The van der Waals surface area contributed by atoms with Crippen LogP contribution < -0.4 is 5.73 Å². The first kappa shape index (κ1) is 15.8. The summed E-state index contributed by atoms with van der Waals surface area (Å²) in [7, 11) is 0. The third kappa shape index (κ3) is 3.54. The summed E-state index contributed by atoms with van der Waals surface area (Å²) in [5, 5.41) is 4.55. The SMILES string of the molecule is CCOC(c1noc(-c2ccc(Cl)c(N)c2)n1)C(C)(C)C. The summed E-state index contributed by atoms with van der Waals surface area (Å²) in [4.78, 5) is 4.44. The zero-order chi connectivity index (χ0) is 15.6. The van der Waals surface area contributed by atoms with Gasteiger partial charge in [0, 0.05) is 12.2 Å². The van der Waals surface area contributed by atoms with Gasteiger partial charge in [-0.25, -0.2) is 0 Å².